The third-order valence-electron chi connectivity index (χ3n) is 12.2. The summed E-state index contributed by atoms with van der Waals surface area (Å²) in [6, 6.07) is 39.4. The highest BCUT2D eigenvalue weighted by atomic mass is 15.2. The zero-order chi connectivity index (χ0) is 49.8. The molecule has 13 rings (SSSR count). The largest absolute Gasteiger partial charge is 0.320 e. The van der Waals surface area contributed by atoms with Crippen molar-refractivity contribution in [2.24, 2.45) is 0 Å². The molecule has 0 aliphatic rings. The predicted molar refractivity (Wildman–Crippen MR) is 256 cm³/mol. The summed E-state index contributed by atoms with van der Waals surface area (Å²) in [6.45, 7) is 8.13. The van der Waals surface area contributed by atoms with E-state index in [0.717, 1.165) is 76.2 Å². The van der Waals surface area contributed by atoms with Gasteiger partial charge in [0.15, 0.2) is 0 Å². The summed E-state index contributed by atoms with van der Waals surface area (Å²) >= 11 is 0. The van der Waals surface area contributed by atoms with E-state index in [1.54, 1.807) is 58.3 Å². The van der Waals surface area contributed by atoms with Gasteiger partial charge in [0, 0.05) is 54.5 Å². The maximum atomic E-state index is 10.4. The Morgan fingerprint density at radius 3 is 1.45 bits per heavy atom. The van der Waals surface area contributed by atoms with Crippen molar-refractivity contribution in [1.29, 1.82) is 5.26 Å². The molecule has 0 radical (unpaired) electrons. The Labute approximate surface area is 369 Å². The van der Waals surface area contributed by atoms with Gasteiger partial charge < -0.3 is 18.6 Å². The van der Waals surface area contributed by atoms with Crippen LogP contribution in [0.15, 0.2) is 194 Å². The highest BCUT2D eigenvalue weighted by Crippen LogP contribution is 2.50. The summed E-state index contributed by atoms with van der Waals surface area (Å²) in [5.74, 6) is 0. The second-order valence-electron chi connectivity index (χ2n) is 15.2. The molecule has 0 aliphatic heterocycles. The van der Waals surface area contributed by atoms with Crippen molar-refractivity contribution in [3.05, 3.63) is 211 Å². The minimum Gasteiger partial charge on any atom is -0.320 e. The summed E-state index contributed by atoms with van der Waals surface area (Å²) in [4.78, 5) is 7.06. The summed E-state index contributed by atoms with van der Waals surface area (Å²) in [7, 11) is 0. The molecule has 62 heavy (non-hydrogen) atoms. The second kappa shape index (κ2) is 12.8. The number of aromatic nitrogens is 2. The quantitative estimate of drug-likeness (QED) is 0.157. The van der Waals surface area contributed by atoms with Crippen LogP contribution < -0.4 is 9.80 Å². The SMILES string of the molecule is [2H]c1c([2H])c([2H])c(N(c2ccccc2C#N)c2cccc3c2c2cccc4c5cc6c(cc5n3c42)c2cccc3c4c(N(c5ccccc5[N+]#[C-])c5c([2H])c([2H])c([2H])c([2H])c5[2H])cccc4n6c23)c([2H])c1[2H]. The Balaban J connectivity index is 1.11. The van der Waals surface area contributed by atoms with Gasteiger partial charge in [-0.3, -0.25) is 0 Å². The van der Waals surface area contributed by atoms with Gasteiger partial charge in [-0.25, -0.2) is 4.85 Å². The van der Waals surface area contributed by atoms with Crippen LogP contribution in [-0.4, -0.2) is 8.80 Å². The molecule has 6 heteroatoms. The number of nitriles is 1. The van der Waals surface area contributed by atoms with Crippen molar-refractivity contribution in [3.63, 3.8) is 0 Å². The summed E-state index contributed by atoms with van der Waals surface area (Å²) in [5, 5.41) is 17.5. The zero-order valence-corrected chi connectivity index (χ0v) is 32.4. The molecule has 0 atom stereocenters. The minimum atomic E-state index is -0.520. The van der Waals surface area contributed by atoms with E-state index in [4.69, 9.17) is 20.3 Å². The zero-order valence-electron chi connectivity index (χ0n) is 42.4. The molecule has 9 aromatic carbocycles. The maximum Gasteiger partial charge on any atom is 0.210 e. The van der Waals surface area contributed by atoms with E-state index in [1.165, 1.54) is 0 Å². The molecule has 0 fully saturated rings. The monoisotopic (exact) mass is 798 g/mol. The number of para-hydroxylation sites is 7. The number of hydrogen-bond acceptors (Lipinski definition) is 3. The Morgan fingerprint density at radius 2 is 0.919 bits per heavy atom. The average Bonchev–Trinajstić information content (AvgIpc) is 4.14. The lowest BCUT2D eigenvalue weighted by Crippen LogP contribution is -2.11. The fourth-order valence-corrected chi connectivity index (χ4v) is 9.84. The second-order valence-corrected chi connectivity index (χ2v) is 15.2. The third-order valence-corrected chi connectivity index (χ3v) is 12.2. The van der Waals surface area contributed by atoms with E-state index in [9.17, 15) is 5.26 Å². The molecule has 0 spiro atoms. The fraction of sp³-hybridized carbons (Fsp3) is 0. The molecule has 0 amide bonds. The van der Waals surface area contributed by atoms with Crippen molar-refractivity contribution < 1.29 is 13.7 Å². The van der Waals surface area contributed by atoms with Gasteiger partial charge in [-0.2, -0.15) is 5.26 Å². The summed E-state index contributed by atoms with van der Waals surface area (Å²) in [6.07, 6.45) is 0. The first-order chi connectivity index (χ1) is 34.9. The molecule has 286 valence electrons. The van der Waals surface area contributed by atoms with E-state index in [0.29, 0.717) is 22.7 Å². The van der Waals surface area contributed by atoms with Crippen LogP contribution in [0, 0.1) is 17.9 Å². The van der Waals surface area contributed by atoms with Crippen LogP contribution in [0.2, 0.25) is 0 Å². The normalized spacial score (nSPS) is 14.1. The summed E-state index contributed by atoms with van der Waals surface area (Å²) in [5.41, 5.74) is 7.39. The van der Waals surface area contributed by atoms with Gasteiger partial charge in [0.25, 0.3) is 0 Å². The Hall–Kier alpha value is -8.84. The van der Waals surface area contributed by atoms with E-state index in [-0.39, 0.29) is 22.6 Å². The van der Waals surface area contributed by atoms with Gasteiger partial charge in [-0.15, -0.1) is 0 Å². The standard InChI is InChI=1S/C56H32N6/c1-58-44-25-9-11-27-46(44)60(37-19-6-3-7-20-37)48-29-15-31-50-54(48)41-24-13-22-39-43-32-51-42(33-52(43)62(50)56(39)41)38-21-12-23-40-53-47(28-14-30-49(53)61(51)55(38)40)59(36-17-4-2-5-18-36)45-26-10-8-16-35(45)34-57/h2-33H/i2D,3D,4D,5D,6D,7D,17D,18D,19D,20D. The third kappa shape index (κ3) is 4.50. The first kappa shape index (κ1) is 25.6. The smallest absolute Gasteiger partial charge is 0.210 e. The van der Waals surface area contributed by atoms with Crippen molar-refractivity contribution in [3.8, 4) is 6.07 Å². The number of benzene rings is 9. The van der Waals surface area contributed by atoms with Crippen LogP contribution >= 0.6 is 0 Å². The highest BCUT2D eigenvalue weighted by Gasteiger charge is 2.27. The molecule has 0 N–H and O–H groups in total. The Morgan fingerprint density at radius 1 is 0.468 bits per heavy atom. The van der Waals surface area contributed by atoms with Crippen molar-refractivity contribution in [2.75, 3.05) is 9.80 Å². The van der Waals surface area contributed by atoms with Gasteiger partial charge in [-0.05, 0) is 78.8 Å². The molecule has 4 heterocycles. The first-order valence-corrected chi connectivity index (χ1v) is 19.9. The fourth-order valence-electron chi connectivity index (χ4n) is 9.84. The summed E-state index contributed by atoms with van der Waals surface area (Å²) < 4.78 is 92.4. The lowest BCUT2D eigenvalue weighted by Gasteiger charge is -2.27. The van der Waals surface area contributed by atoms with Gasteiger partial charge in [0.05, 0.1) is 81.7 Å². The van der Waals surface area contributed by atoms with E-state index in [1.807, 2.05) is 60.7 Å². The lowest BCUT2D eigenvalue weighted by atomic mass is 10.0. The van der Waals surface area contributed by atoms with E-state index in [2.05, 4.69) is 44.0 Å². The molecule has 0 saturated heterocycles. The molecule has 0 unspecified atom stereocenters. The van der Waals surface area contributed by atoms with Gasteiger partial charge in [0.2, 0.25) is 5.69 Å². The van der Waals surface area contributed by atoms with Crippen LogP contribution in [0.1, 0.15) is 19.3 Å². The minimum absolute atomic E-state index is 0.0759. The molecular formula is C56H32N6. The highest BCUT2D eigenvalue weighted by molar-refractivity contribution is 6.31. The first-order valence-electron chi connectivity index (χ1n) is 24.9. The van der Waals surface area contributed by atoms with Crippen LogP contribution in [0.25, 0.3) is 81.0 Å². The Bertz CT molecular complexity index is 4290. The number of fused-ring (bicyclic) bond motifs is 12. The number of rotatable bonds is 6. The van der Waals surface area contributed by atoms with E-state index < -0.39 is 60.4 Å². The number of anilines is 6. The number of hydrogen-bond donors (Lipinski definition) is 0. The maximum absolute atomic E-state index is 10.4. The topological polar surface area (TPSA) is 43.5 Å². The molecule has 13 aromatic rings. The van der Waals surface area contributed by atoms with Crippen LogP contribution in [0.5, 0.6) is 0 Å². The Kier molecular flexibility index (Phi) is 5.30. The van der Waals surface area contributed by atoms with Gasteiger partial charge >= 0.3 is 0 Å². The predicted octanol–water partition coefficient (Wildman–Crippen LogP) is 15.3. The van der Waals surface area contributed by atoms with Crippen molar-refractivity contribution >= 4 is 116 Å². The molecule has 0 bridgehead atoms. The van der Waals surface area contributed by atoms with Gasteiger partial charge in [0.1, 0.15) is 6.07 Å². The molecule has 0 aliphatic carbocycles. The molecule has 0 saturated carbocycles. The molecule has 4 aromatic heterocycles. The average molecular weight is 799 g/mol. The van der Waals surface area contributed by atoms with Crippen molar-refractivity contribution in [1.82, 2.24) is 8.80 Å². The van der Waals surface area contributed by atoms with Crippen LogP contribution in [-0.2, 0) is 0 Å². The van der Waals surface area contributed by atoms with Crippen LogP contribution in [0.4, 0.5) is 39.8 Å². The van der Waals surface area contributed by atoms with Crippen molar-refractivity contribution in [2.45, 2.75) is 0 Å². The van der Waals surface area contributed by atoms with E-state index >= 15 is 0 Å². The van der Waals surface area contributed by atoms with Gasteiger partial charge in [-0.1, -0.05) is 115 Å². The van der Waals surface area contributed by atoms with Crippen LogP contribution in [0.3, 0.4) is 0 Å². The molecule has 6 nitrogen and oxygen atoms in total. The molecular weight excluding hydrogens is 757 g/mol. The lowest BCUT2D eigenvalue weighted by molar-refractivity contribution is 1.28. The number of nitrogens with zero attached hydrogens (tertiary/aromatic N) is 6.